The minimum atomic E-state index is -0.140. The van der Waals surface area contributed by atoms with E-state index in [-0.39, 0.29) is 5.78 Å². The van der Waals surface area contributed by atoms with Crippen LogP contribution < -0.4 is 0 Å². The molecule has 0 saturated carbocycles. The first-order valence-corrected chi connectivity index (χ1v) is 5.20. The van der Waals surface area contributed by atoms with Crippen molar-refractivity contribution in [2.75, 3.05) is 0 Å². The molecule has 0 bridgehead atoms. The predicted molar refractivity (Wildman–Crippen MR) is 67.3 cm³/mol. The van der Waals surface area contributed by atoms with Gasteiger partial charge in [0.05, 0.1) is 6.26 Å². The lowest BCUT2D eigenvalue weighted by Crippen LogP contribution is -1.92. The Bertz CT molecular complexity index is 606. The van der Waals surface area contributed by atoms with Crippen molar-refractivity contribution in [2.45, 2.75) is 0 Å². The Morgan fingerprint density at radius 1 is 1.28 bits per heavy atom. The van der Waals surface area contributed by atoms with Crippen LogP contribution in [-0.2, 0) is 0 Å². The van der Waals surface area contributed by atoms with Crippen LogP contribution in [0.1, 0.15) is 16.1 Å². The molecule has 2 aromatic rings. The molecule has 0 radical (unpaired) electrons. The molecule has 1 heterocycles. The molecule has 1 aromatic heterocycles. The van der Waals surface area contributed by atoms with Crippen molar-refractivity contribution >= 4 is 17.5 Å². The van der Waals surface area contributed by atoms with E-state index in [9.17, 15) is 4.79 Å². The Kier molecular flexibility index (Phi) is 3.59. The maximum atomic E-state index is 11.8. The highest BCUT2D eigenvalue weighted by atomic mass is 16.3. The number of hydrogen-bond acceptors (Lipinski definition) is 3. The van der Waals surface area contributed by atoms with Gasteiger partial charge in [-0.25, -0.2) is 0 Å². The Hall–Kier alpha value is -2.78. The van der Waals surface area contributed by atoms with Gasteiger partial charge in [0.15, 0.2) is 5.78 Å². The van der Waals surface area contributed by atoms with E-state index in [1.807, 2.05) is 0 Å². The summed E-state index contributed by atoms with van der Waals surface area (Å²) in [7, 11) is 0. The zero-order valence-corrected chi connectivity index (χ0v) is 9.35. The summed E-state index contributed by atoms with van der Waals surface area (Å²) in [6.07, 6.45) is 4.57. The molecule has 0 aliphatic heterocycles. The maximum absolute atomic E-state index is 11.8. The Morgan fingerprint density at radius 2 is 2.06 bits per heavy atom. The van der Waals surface area contributed by atoms with Crippen LogP contribution in [0.3, 0.4) is 0 Å². The van der Waals surface area contributed by atoms with Crippen LogP contribution in [0, 0.1) is 0 Å². The SMILES string of the molecule is [N-]=[N+]=Nc1ccc(C(=O)C=Cc2ccco2)cc1. The average molecular weight is 239 g/mol. The second-order valence-electron chi connectivity index (χ2n) is 3.45. The number of furan rings is 1. The summed E-state index contributed by atoms with van der Waals surface area (Å²) in [6.45, 7) is 0. The fraction of sp³-hybridized carbons (Fsp3) is 0. The molecule has 88 valence electrons. The highest BCUT2D eigenvalue weighted by molar-refractivity contribution is 6.06. The summed E-state index contributed by atoms with van der Waals surface area (Å²) >= 11 is 0. The molecule has 0 aliphatic carbocycles. The summed E-state index contributed by atoms with van der Waals surface area (Å²) in [4.78, 5) is 14.4. The van der Waals surface area contributed by atoms with E-state index < -0.39 is 0 Å². The number of ketones is 1. The first kappa shape index (κ1) is 11.7. The van der Waals surface area contributed by atoms with Crippen LogP contribution in [0.2, 0.25) is 0 Å². The van der Waals surface area contributed by atoms with Gasteiger partial charge in [-0.1, -0.05) is 29.4 Å². The number of nitrogens with zero attached hydrogens (tertiary/aromatic N) is 3. The summed E-state index contributed by atoms with van der Waals surface area (Å²) < 4.78 is 5.08. The number of allylic oxidation sites excluding steroid dienone is 1. The lowest BCUT2D eigenvalue weighted by molar-refractivity contribution is 0.104. The summed E-state index contributed by atoms with van der Waals surface area (Å²) in [5, 5.41) is 3.43. The van der Waals surface area contributed by atoms with Crippen LogP contribution in [0.5, 0.6) is 0 Å². The van der Waals surface area contributed by atoms with Gasteiger partial charge < -0.3 is 4.42 Å². The molecule has 5 heteroatoms. The maximum Gasteiger partial charge on any atom is 0.185 e. The van der Waals surface area contributed by atoms with Gasteiger partial charge in [-0.15, -0.1) is 0 Å². The molecule has 0 aliphatic rings. The molecular formula is C13H9N3O2. The number of carbonyl (C=O) groups excluding carboxylic acids is 1. The van der Waals surface area contributed by atoms with Gasteiger partial charge in [0, 0.05) is 16.2 Å². The Morgan fingerprint density at radius 3 is 2.67 bits per heavy atom. The molecule has 1 aromatic carbocycles. The highest BCUT2D eigenvalue weighted by Gasteiger charge is 2.01. The van der Waals surface area contributed by atoms with Gasteiger partial charge in [-0.2, -0.15) is 0 Å². The summed E-state index contributed by atoms with van der Waals surface area (Å²) in [5.41, 5.74) is 9.26. The molecule has 0 N–H and O–H groups in total. The number of hydrogen-bond donors (Lipinski definition) is 0. The van der Waals surface area contributed by atoms with Gasteiger partial charge in [0.25, 0.3) is 0 Å². The zero-order chi connectivity index (χ0) is 12.8. The number of benzene rings is 1. The van der Waals surface area contributed by atoms with E-state index in [2.05, 4.69) is 10.0 Å². The fourth-order valence-corrected chi connectivity index (χ4v) is 1.38. The minimum Gasteiger partial charge on any atom is -0.465 e. The summed E-state index contributed by atoms with van der Waals surface area (Å²) in [5.74, 6) is 0.480. The average Bonchev–Trinajstić information content (AvgIpc) is 2.90. The van der Waals surface area contributed by atoms with Crippen molar-refractivity contribution in [1.29, 1.82) is 0 Å². The van der Waals surface area contributed by atoms with Gasteiger partial charge in [0.2, 0.25) is 0 Å². The van der Waals surface area contributed by atoms with Crippen molar-refractivity contribution in [2.24, 2.45) is 5.11 Å². The van der Waals surface area contributed by atoms with E-state index in [1.54, 1.807) is 48.7 Å². The minimum absolute atomic E-state index is 0.140. The van der Waals surface area contributed by atoms with Crippen molar-refractivity contribution in [3.05, 3.63) is 70.5 Å². The van der Waals surface area contributed by atoms with Crippen molar-refractivity contribution in [3.63, 3.8) is 0 Å². The molecule has 0 amide bonds. The van der Waals surface area contributed by atoms with Gasteiger partial charge in [-0.3, -0.25) is 4.79 Å². The molecule has 5 nitrogen and oxygen atoms in total. The standard InChI is InChI=1S/C13H9N3O2/c14-16-15-11-5-3-10(4-6-11)13(17)8-7-12-2-1-9-18-12/h1-9H. The van der Waals surface area contributed by atoms with E-state index in [1.165, 1.54) is 6.08 Å². The molecular weight excluding hydrogens is 230 g/mol. The predicted octanol–water partition coefficient (Wildman–Crippen LogP) is 4.12. The lowest BCUT2D eigenvalue weighted by atomic mass is 10.1. The van der Waals surface area contributed by atoms with Crippen molar-refractivity contribution < 1.29 is 9.21 Å². The quantitative estimate of drug-likeness (QED) is 0.264. The molecule has 0 atom stereocenters. The van der Waals surface area contributed by atoms with Crippen molar-refractivity contribution in [1.82, 2.24) is 0 Å². The number of azide groups is 1. The van der Waals surface area contributed by atoms with Crippen LogP contribution in [0.15, 0.2) is 58.3 Å². The van der Waals surface area contributed by atoms with Crippen LogP contribution in [0.25, 0.3) is 16.5 Å². The third-order valence-corrected chi connectivity index (χ3v) is 2.25. The Balaban J connectivity index is 2.11. The molecule has 0 spiro atoms. The molecule has 2 rings (SSSR count). The van der Waals surface area contributed by atoms with E-state index >= 15 is 0 Å². The zero-order valence-electron chi connectivity index (χ0n) is 9.35. The number of carbonyl (C=O) groups is 1. The van der Waals surface area contributed by atoms with Gasteiger partial charge in [0.1, 0.15) is 5.76 Å². The fourth-order valence-electron chi connectivity index (χ4n) is 1.38. The molecule has 0 fully saturated rings. The first-order chi connectivity index (χ1) is 8.79. The van der Waals surface area contributed by atoms with Crippen molar-refractivity contribution in [3.8, 4) is 0 Å². The van der Waals surface area contributed by atoms with E-state index in [0.29, 0.717) is 17.0 Å². The molecule has 0 unspecified atom stereocenters. The van der Waals surface area contributed by atoms with E-state index in [0.717, 1.165) is 0 Å². The normalized spacial score (nSPS) is 10.2. The first-order valence-electron chi connectivity index (χ1n) is 5.20. The van der Waals surface area contributed by atoms with Crippen LogP contribution >= 0.6 is 0 Å². The van der Waals surface area contributed by atoms with E-state index in [4.69, 9.17) is 9.95 Å². The second-order valence-corrected chi connectivity index (χ2v) is 3.45. The highest BCUT2D eigenvalue weighted by Crippen LogP contribution is 2.14. The lowest BCUT2D eigenvalue weighted by Gasteiger charge is -1.95. The van der Waals surface area contributed by atoms with Crippen LogP contribution in [-0.4, -0.2) is 5.78 Å². The largest absolute Gasteiger partial charge is 0.465 e. The molecule has 18 heavy (non-hydrogen) atoms. The molecule has 0 saturated heterocycles. The van der Waals surface area contributed by atoms with Gasteiger partial charge in [-0.05, 0) is 29.8 Å². The smallest absolute Gasteiger partial charge is 0.185 e. The third kappa shape index (κ3) is 2.87. The van der Waals surface area contributed by atoms with Gasteiger partial charge >= 0.3 is 0 Å². The summed E-state index contributed by atoms with van der Waals surface area (Å²) in [6, 6.07) is 9.91. The monoisotopic (exact) mass is 239 g/mol. The number of rotatable bonds is 4. The van der Waals surface area contributed by atoms with Crippen LogP contribution in [0.4, 0.5) is 5.69 Å². The third-order valence-electron chi connectivity index (χ3n) is 2.25. The Labute approximate surface area is 103 Å². The second kappa shape index (κ2) is 5.52. The topological polar surface area (TPSA) is 79.0 Å².